The van der Waals surface area contributed by atoms with E-state index in [1.54, 1.807) is 6.20 Å². The van der Waals surface area contributed by atoms with Crippen molar-refractivity contribution in [1.82, 2.24) is 15.0 Å². The number of carbonyl (C=O) groups excluding carboxylic acids is 2. The Hall–Kier alpha value is -3.65. The van der Waals surface area contributed by atoms with Gasteiger partial charge in [0.05, 0.1) is 23.0 Å². The summed E-state index contributed by atoms with van der Waals surface area (Å²) in [5, 5.41) is 0.990. The number of anilines is 1. The van der Waals surface area contributed by atoms with Crippen LogP contribution in [0.2, 0.25) is 0 Å². The maximum atomic E-state index is 13.5. The number of ether oxygens (including phenoxy) is 1. The smallest absolute Gasteiger partial charge is 0.243 e. The van der Waals surface area contributed by atoms with Crippen molar-refractivity contribution in [3.8, 4) is 0 Å². The van der Waals surface area contributed by atoms with Crippen LogP contribution in [-0.2, 0) is 14.3 Å². The number of fused-ring (bicyclic) bond motifs is 2. The highest BCUT2D eigenvalue weighted by molar-refractivity contribution is 6.25. The zero-order chi connectivity index (χ0) is 25.2. The van der Waals surface area contributed by atoms with Crippen molar-refractivity contribution in [3.63, 3.8) is 0 Å². The van der Waals surface area contributed by atoms with Crippen LogP contribution in [-0.4, -0.2) is 39.4 Å². The van der Waals surface area contributed by atoms with E-state index in [9.17, 15) is 9.59 Å². The molecule has 0 aliphatic heterocycles. The molecule has 4 N–H and O–H groups in total. The van der Waals surface area contributed by atoms with E-state index < -0.39 is 5.91 Å². The minimum atomic E-state index is -0.448. The first-order valence-electron chi connectivity index (χ1n) is 12.5. The molecule has 1 unspecified atom stereocenters. The summed E-state index contributed by atoms with van der Waals surface area (Å²) in [7, 11) is 0. The summed E-state index contributed by atoms with van der Waals surface area (Å²) < 4.78 is 5.65. The summed E-state index contributed by atoms with van der Waals surface area (Å²) >= 11 is 0. The van der Waals surface area contributed by atoms with Gasteiger partial charge >= 0.3 is 0 Å². The van der Waals surface area contributed by atoms with Crippen LogP contribution in [0.25, 0.3) is 22.6 Å². The fraction of sp³-hybridized carbons (Fsp3) is 0.393. The fourth-order valence-corrected chi connectivity index (χ4v) is 5.65. The second-order valence-corrected chi connectivity index (χ2v) is 9.82. The highest BCUT2D eigenvalue weighted by Crippen LogP contribution is 2.43. The van der Waals surface area contributed by atoms with Crippen LogP contribution in [0.1, 0.15) is 67.0 Å². The van der Waals surface area contributed by atoms with Crippen LogP contribution < -0.4 is 11.5 Å². The molecule has 2 aliphatic carbocycles. The predicted molar refractivity (Wildman–Crippen MR) is 139 cm³/mol. The number of nitrogen functional groups attached to an aromatic ring is 1. The van der Waals surface area contributed by atoms with Crippen molar-refractivity contribution in [2.45, 2.75) is 57.5 Å². The number of pyridine rings is 1. The largest absolute Gasteiger partial charge is 0.368 e. The Labute approximate surface area is 210 Å². The molecule has 8 nitrogen and oxygen atoms in total. The van der Waals surface area contributed by atoms with Crippen molar-refractivity contribution in [3.05, 3.63) is 59.0 Å². The molecule has 5 rings (SSSR count). The van der Waals surface area contributed by atoms with Gasteiger partial charge in [-0.1, -0.05) is 18.2 Å². The molecular weight excluding hydrogens is 454 g/mol. The summed E-state index contributed by atoms with van der Waals surface area (Å²) in [5.74, 6) is 0.339. The number of Topliss-reactive ketones (excluding diaryl/α,β-unsaturated/α-hetero) is 1. The van der Waals surface area contributed by atoms with E-state index >= 15 is 0 Å². The summed E-state index contributed by atoms with van der Waals surface area (Å²) in [4.78, 5) is 38.3. The lowest BCUT2D eigenvalue weighted by Gasteiger charge is -2.35. The number of rotatable bonds is 5. The second-order valence-electron chi connectivity index (χ2n) is 9.82. The number of carbonyl (C=O) groups is 2. The average Bonchev–Trinajstić information content (AvgIpc) is 2.86. The Kier molecular flexibility index (Phi) is 6.78. The number of aromatic nitrogens is 3. The van der Waals surface area contributed by atoms with Gasteiger partial charge in [0.2, 0.25) is 11.9 Å². The van der Waals surface area contributed by atoms with E-state index in [4.69, 9.17) is 21.2 Å². The number of para-hydroxylation sites is 1. The van der Waals surface area contributed by atoms with Gasteiger partial charge in [0.15, 0.2) is 5.78 Å². The molecule has 3 aromatic rings. The van der Waals surface area contributed by atoms with Gasteiger partial charge in [0, 0.05) is 40.6 Å². The normalized spacial score (nSPS) is 23.9. The summed E-state index contributed by atoms with van der Waals surface area (Å²) in [6.45, 7) is 1.87. The van der Waals surface area contributed by atoms with Crippen LogP contribution in [0.3, 0.4) is 0 Å². The maximum Gasteiger partial charge on any atom is 0.243 e. The minimum Gasteiger partial charge on any atom is -0.368 e. The van der Waals surface area contributed by atoms with Crippen LogP contribution in [0.5, 0.6) is 0 Å². The topological polar surface area (TPSA) is 134 Å². The monoisotopic (exact) mass is 485 g/mol. The van der Waals surface area contributed by atoms with Gasteiger partial charge in [0.25, 0.3) is 0 Å². The van der Waals surface area contributed by atoms with Crippen molar-refractivity contribution >= 4 is 40.2 Å². The lowest BCUT2D eigenvalue weighted by molar-refractivity contribution is -0.125. The van der Waals surface area contributed by atoms with E-state index in [0.29, 0.717) is 24.3 Å². The molecule has 1 atom stereocenters. The molecule has 1 fully saturated rings. The Balaban J connectivity index is 1.50. The van der Waals surface area contributed by atoms with Crippen molar-refractivity contribution < 1.29 is 14.3 Å². The Morgan fingerprint density at radius 1 is 1.11 bits per heavy atom. The zero-order valence-corrected chi connectivity index (χ0v) is 20.4. The van der Waals surface area contributed by atoms with E-state index in [1.165, 1.54) is 0 Å². The fourth-order valence-electron chi connectivity index (χ4n) is 5.65. The number of allylic oxidation sites excluding steroid dienone is 1. The molecule has 1 saturated carbocycles. The number of aryl methyl sites for hydroxylation is 1. The molecule has 1 aromatic carbocycles. The third-order valence-corrected chi connectivity index (χ3v) is 7.46. The SMILES string of the molecule is Cc1nc(N)nc2c1/C=C(/c1cnc3ccccc3c1)C(=O)CCC2C1CCC(OCC(N)=O)CC1. The van der Waals surface area contributed by atoms with Crippen molar-refractivity contribution in [2.75, 3.05) is 12.3 Å². The van der Waals surface area contributed by atoms with Crippen LogP contribution >= 0.6 is 0 Å². The first-order chi connectivity index (χ1) is 17.4. The molecular formula is C28H31N5O3. The number of hydrogen-bond acceptors (Lipinski definition) is 7. The number of nitrogens with zero attached hydrogens (tertiary/aromatic N) is 3. The Bertz CT molecular complexity index is 1340. The van der Waals surface area contributed by atoms with Crippen LogP contribution in [0.15, 0.2) is 36.5 Å². The predicted octanol–water partition coefficient (Wildman–Crippen LogP) is 3.96. The minimum absolute atomic E-state index is 0.0347. The average molecular weight is 486 g/mol. The van der Waals surface area contributed by atoms with Crippen LogP contribution in [0, 0.1) is 12.8 Å². The Morgan fingerprint density at radius 2 is 1.89 bits per heavy atom. The highest BCUT2D eigenvalue weighted by Gasteiger charge is 2.34. The van der Waals surface area contributed by atoms with Crippen LogP contribution in [0.4, 0.5) is 5.95 Å². The van der Waals surface area contributed by atoms with Gasteiger partial charge in [0.1, 0.15) is 6.61 Å². The number of nitrogens with two attached hydrogens (primary N) is 2. The number of ketones is 1. The number of hydrogen-bond donors (Lipinski definition) is 2. The van der Waals surface area contributed by atoms with Gasteiger partial charge < -0.3 is 16.2 Å². The Morgan fingerprint density at radius 3 is 2.67 bits per heavy atom. The third kappa shape index (κ3) is 4.99. The second kappa shape index (κ2) is 10.1. The number of benzene rings is 1. The van der Waals surface area contributed by atoms with E-state index in [0.717, 1.165) is 59.1 Å². The summed E-state index contributed by atoms with van der Waals surface area (Å²) in [6.07, 6.45) is 8.40. The maximum absolute atomic E-state index is 13.5. The molecule has 2 heterocycles. The van der Waals surface area contributed by atoms with Gasteiger partial charge in [-0.05, 0) is 63.2 Å². The van der Waals surface area contributed by atoms with Gasteiger partial charge in [-0.3, -0.25) is 14.6 Å². The van der Waals surface area contributed by atoms with Gasteiger partial charge in [-0.2, -0.15) is 0 Å². The summed E-state index contributed by atoms with van der Waals surface area (Å²) in [5.41, 5.74) is 16.2. The molecule has 0 saturated heterocycles. The lowest BCUT2D eigenvalue weighted by atomic mass is 9.73. The van der Waals surface area contributed by atoms with Gasteiger partial charge in [-0.15, -0.1) is 0 Å². The molecule has 2 aliphatic rings. The lowest BCUT2D eigenvalue weighted by Crippen LogP contribution is -2.30. The van der Waals surface area contributed by atoms with Crippen molar-refractivity contribution in [1.29, 1.82) is 0 Å². The molecule has 0 bridgehead atoms. The number of amides is 1. The van der Waals surface area contributed by atoms with E-state index in [2.05, 4.69) is 9.97 Å². The molecule has 186 valence electrons. The molecule has 0 spiro atoms. The third-order valence-electron chi connectivity index (χ3n) is 7.46. The van der Waals surface area contributed by atoms with E-state index in [1.807, 2.05) is 43.3 Å². The zero-order valence-electron chi connectivity index (χ0n) is 20.4. The first kappa shape index (κ1) is 24.1. The molecule has 0 radical (unpaired) electrons. The number of primary amides is 1. The van der Waals surface area contributed by atoms with Gasteiger partial charge in [-0.25, -0.2) is 9.97 Å². The molecule has 2 aromatic heterocycles. The summed E-state index contributed by atoms with van der Waals surface area (Å²) in [6, 6.07) is 9.90. The van der Waals surface area contributed by atoms with E-state index in [-0.39, 0.29) is 30.4 Å². The molecule has 36 heavy (non-hydrogen) atoms. The first-order valence-corrected chi connectivity index (χ1v) is 12.5. The highest BCUT2D eigenvalue weighted by atomic mass is 16.5. The van der Waals surface area contributed by atoms with Crippen molar-refractivity contribution in [2.24, 2.45) is 11.7 Å². The standard InChI is InChI=1S/C28H31N5O3/c1-16-22-13-23(19-12-18-4-2-3-5-24(18)31-14-19)25(34)11-10-21(27(22)33-28(30)32-16)17-6-8-20(9-7-17)36-15-26(29)35/h2-5,12-14,17,20-21H,6-11,15H2,1H3,(H2,29,35)(H2,30,32,33)/b23-13-. The molecule has 1 amide bonds. The quantitative estimate of drug-likeness (QED) is 0.558. The molecule has 8 heteroatoms.